The summed E-state index contributed by atoms with van der Waals surface area (Å²) >= 11 is 3.47. The maximum atomic E-state index is 12.8. The first-order chi connectivity index (χ1) is 10.2. The van der Waals surface area contributed by atoms with Crippen LogP contribution in [0.3, 0.4) is 0 Å². The number of carbonyl (C=O) groups excluding carboxylic acids is 1. The Hall–Kier alpha value is -1.61. The van der Waals surface area contributed by atoms with Gasteiger partial charge in [0.15, 0.2) is 5.78 Å². The van der Waals surface area contributed by atoms with E-state index < -0.39 is 0 Å². The van der Waals surface area contributed by atoms with E-state index in [1.807, 2.05) is 12.1 Å². The average Bonchev–Trinajstić information content (AvgIpc) is 3.21. The van der Waals surface area contributed by atoms with Gasteiger partial charge < -0.3 is 5.73 Å². The zero-order valence-electron chi connectivity index (χ0n) is 11.6. The third-order valence-electron chi connectivity index (χ3n) is 4.89. The molecule has 0 aliphatic heterocycles. The maximum Gasteiger partial charge on any atom is 0.168 e. The summed E-state index contributed by atoms with van der Waals surface area (Å²) in [6.07, 6.45) is 2.23. The molecule has 1 saturated carbocycles. The zero-order valence-corrected chi connectivity index (χ0v) is 13.1. The van der Waals surface area contributed by atoms with Crippen LogP contribution in [0.4, 0.5) is 5.69 Å². The fourth-order valence-corrected chi connectivity index (χ4v) is 4.43. The number of hydrogen-bond acceptors (Lipinski definition) is 2. The smallest absolute Gasteiger partial charge is 0.168 e. The van der Waals surface area contributed by atoms with Gasteiger partial charge in [0.25, 0.3) is 0 Å². The SMILES string of the molecule is Nc1ccc(C(=O)C2C3CCc4ccccc4C32)c(Br)c1. The fourth-order valence-electron chi connectivity index (χ4n) is 3.83. The molecule has 2 aliphatic rings. The van der Waals surface area contributed by atoms with E-state index in [4.69, 9.17) is 5.73 Å². The standard InChI is InChI=1S/C18H16BrNO/c19-15-9-11(20)6-8-13(15)18(21)17-14-7-5-10-3-1-2-4-12(10)16(14)17/h1-4,6,8-9,14,16-17H,5,7,20H2. The maximum absolute atomic E-state index is 12.8. The first-order valence-corrected chi connectivity index (χ1v) is 8.13. The first kappa shape index (κ1) is 13.1. The number of anilines is 1. The lowest BCUT2D eigenvalue weighted by Gasteiger charge is -2.13. The second-order valence-electron chi connectivity index (χ2n) is 6.06. The number of halogens is 1. The number of fused-ring (bicyclic) bond motifs is 3. The Morgan fingerprint density at radius 3 is 2.81 bits per heavy atom. The summed E-state index contributed by atoms with van der Waals surface area (Å²) in [7, 11) is 0. The largest absolute Gasteiger partial charge is 0.399 e. The van der Waals surface area contributed by atoms with E-state index in [0.29, 0.717) is 17.5 Å². The number of nitrogen functional groups attached to an aromatic ring is 1. The molecule has 3 heteroatoms. The number of carbonyl (C=O) groups is 1. The molecule has 106 valence electrons. The highest BCUT2D eigenvalue weighted by atomic mass is 79.9. The van der Waals surface area contributed by atoms with Crippen molar-refractivity contribution in [2.75, 3.05) is 5.73 Å². The molecule has 2 aromatic rings. The minimum atomic E-state index is 0.147. The first-order valence-electron chi connectivity index (χ1n) is 7.34. The fraction of sp³-hybridized carbons (Fsp3) is 0.278. The monoisotopic (exact) mass is 341 g/mol. The zero-order chi connectivity index (χ0) is 14.6. The van der Waals surface area contributed by atoms with Crippen molar-refractivity contribution < 1.29 is 4.79 Å². The van der Waals surface area contributed by atoms with Crippen molar-refractivity contribution in [2.45, 2.75) is 18.8 Å². The summed E-state index contributed by atoms with van der Waals surface area (Å²) in [4.78, 5) is 12.8. The van der Waals surface area contributed by atoms with Gasteiger partial charge in [-0.25, -0.2) is 0 Å². The number of nitrogens with two attached hydrogens (primary N) is 1. The van der Waals surface area contributed by atoms with Gasteiger partial charge >= 0.3 is 0 Å². The van der Waals surface area contributed by atoms with Crippen molar-refractivity contribution in [1.29, 1.82) is 0 Å². The van der Waals surface area contributed by atoms with E-state index in [1.54, 1.807) is 6.07 Å². The number of hydrogen-bond donors (Lipinski definition) is 1. The van der Waals surface area contributed by atoms with Gasteiger partial charge in [-0.05, 0) is 69.9 Å². The van der Waals surface area contributed by atoms with E-state index in [1.165, 1.54) is 11.1 Å². The van der Waals surface area contributed by atoms with Crippen LogP contribution in [0.5, 0.6) is 0 Å². The highest BCUT2D eigenvalue weighted by molar-refractivity contribution is 9.10. The lowest BCUT2D eigenvalue weighted by molar-refractivity contribution is 0.0958. The molecule has 21 heavy (non-hydrogen) atoms. The summed E-state index contributed by atoms with van der Waals surface area (Å²) < 4.78 is 0.810. The number of Topliss-reactive ketones (excluding diaryl/α,β-unsaturated/α-hetero) is 1. The van der Waals surface area contributed by atoms with Crippen LogP contribution < -0.4 is 5.73 Å². The van der Waals surface area contributed by atoms with Crippen molar-refractivity contribution in [3.63, 3.8) is 0 Å². The van der Waals surface area contributed by atoms with Gasteiger partial charge in [-0.3, -0.25) is 4.79 Å². The molecule has 4 rings (SSSR count). The van der Waals surface area contributed by atoms with Crippen molar-refractivity contribution in [3.8, 4) is 0 Å². The summed E-state index contributed by atoms with van der Waals surface area (Å²) in [6, 6.07) is 14.0. The van der Waals surface area contributed by atoms with Crippen LogP contribution in [0.15, 0.2) is 46.9 Å². The lowest BCUT2D eigenvalue weighted by Crippen LogP contribution is -2.05. The Morgan fingerprint density at radius 2 is 2.00 bits per heavy atom. The van der Waals surface area contributed by atoms with Gasteiger partial charge in [0.1, 0.15) is 0 Å². The van der Waals surface area contributed by atoms with Crippen LogP contribution in [0, 0.1) is 11.8 Å². The van der Waals surface area contributed by atoms with E-state index in [9.17, 15) is 4.79 Å². The Bertz CT molecular complexity index is 740. The van der Waals surface area contributed by atoms with Gasteiger partial charge in [-0.1, -0.05) is 24.3 Å². The van der Waals surface area contributed by atoms with Gasteiger partial charge in [0, 0.05) is 21.6 Å². The lowest BCUT2D eigenvalue weighted by atomic mass is 9.92. The molecule has 0 saturated heterocycles. The summed E-state index contributed by atoms with van der Waals surface area (Å²) in [5.41, 5.74) is 10.0. The molecule has 0 radical (unpaired) electrons. The molecule has 3 unspecified atom stereocenters. The van der Waals surface area contributed by atoms with Gasteiger partial charge in [-0.2, -0.15) is 0 Å². The predicted molar refractivity (Wildman–Crippen MR) is 87.4 cm³/mol. The van der Waals surface area contributed by atoms with Gasteiger partial charge in [0.05, 0.1) is 0 Å². The van der Waals surface area contributed by atoms with Crippen molar-refractivity contribution >= 4 is 27.4 Å². The molecular formula is C18H16BrNO. The third-order valence-corrected chi connectivity index (χ3v) is 5.55. The molecule has 2 aromatic carbocycles. The van der Waals surface area contributed by atoms with E-state index in [-0.39, 0.29) is 11.7 Å². The van der Waals surface area contributed by atoms with Crippen LogP contribution in [0.25, 0.3) is 0 Å². The molecule has 0 aromatic heterocycles. The van der Waals surface area contributed by atoms with E-state index >= 15 is 0 Å². The number of aryl methyl sites for hydroxylation is 1. The highest BCUT2D eigenvalue weighted by Crippen LogP contribution is 2.61. The highest BCUT2D eigenvalue weighted by Gasteiger charge is 2.56. The molecule has 2 nitrogen and oxygen atoms in total. The Morgan fingerprint density at radius 1 is 1.19 bits per heavy atom. The van der Waals surface area contributed by atoms with Gasteiger partial charge in [0.2, 0.25) is 0 Å². The average molecular weight is 342 g/mol. The van der Waals surface area contributed by atoms with Crippen LogP contribution in [-0.2, 0) is 6.42 Å². The van der Waals surface area contributed by atoms with Crippen LogP contribution in [-0.4, -0.2) is 5.78 Å². The molecule has 0 spiro atoms. The van der Waals surface area contributed by atoms with Crippen molar-refractivity contribution in [1.82, 2.24) is 0 Å². The minimum Gasteiger partial charge on any atom is -0.399 e. The van der Waals surface area contributed by atoms with E-state index in [2.05, 4.69) is 40.2 Å². The minimum absolute atomic E-state index is 0.147. The number of rotatable bonds is 2. The van der Waals surface area contributed by atoms with Crippen LogP contribution in [0.2, 0.25) is 0 Å². The summed E-state index contributed by atoms with van der Waals surface area (Å²) in [5, 5.41) is 0. The molecule has 1 fully saturated rings. The van der Waals surface area contributed by atoms with Crippen molar-refractivity contribution in [3.05, 3.63) is 63.6 Å². The Labute approximate surface area is 132 Å². The molecule has 0 bridgehead atoms. The normalized spacial score (nSPS) is 25.9. The Kier molecular flexibility index (Phi) is 2.93. The molecule has 2 aliphatic carbocycles. The van der Waals surface area contributed by atoms with Crippen molar-refractivity contribution in [2.24, 2.45) is 11.8 Å². The number of ketones is 1. The number of benzene rings is 2. The topological polar surface area (TPSA) is 43.1 Å². The third kappa shape index (κ3) is 2.03. The molecule has 0 heterocycles. The summed E-state index contributed by atoms with van der Waals surface area (Å²) in [5.74, 6) is 1.35. The Balaban J connectivity index is 1.66. The van der Waals surface area contributed by atoms with E-state index in [0.717, 1.165) is 22.9 Å². The summed E-state index contributed by atoms with van der Waals surface area (Å²) in [6.45, 7) is 0. The predicted octanol–water partition coefficient (Wildman–Crippen LogP) is 4.19. The van der Waals surface area contributed by atoms with Crippen LogP contribution in [0.1, 0.15) is 33.8 Å². The van der Waals surface area contributed by atoms with Gasteiger partial charge in [-0.15, -0.1) is 0 Å². The second kappa shape index (κ2) is 4.70. The quantitative estimate of drug-likeness (QED) is 0.657. The molecule has 2 N–H and O–H groups in total. The van der Waals surface area contributed by atoms with Crippen LogP contribution >= 0.6 is 15.9 Å². The second-order valence-corrected chi connectivity index (χ2v) is 6.91. The molecule has 0 amide bonds. The molecular weight excluding hydrogens is 326 g/mol. The molecule has 3 atom stereocenters.